The number of rotatable bonds is 3. The highest BCUT2D eigenvalue weighted by atomic mass is 16.3. The minimum absolute atomic E-state index is 0.279. The number of benzene rings is 1. The van der Waals surface area contributed by atoms with Crippen molar-refractivity contribution in [1.29, 1.82) is 0 Å². The summed E-state index contributed by atoms with van der Waals surface area (Å²) in [5, 5.41) is 24.1. The number of β-amino-alcohol motifs (C(OH)–C–C–N with tert-alkyl or cyclic N) is 1. The molecule has 1 fully saturated rings. The Morgan fingerprint density at radius 2 is 2.08 bits per heavy atom. The standard InChI is InChI=1S/C19H18N6O/c26-15-7-9-24(12-15)18-6-5-17-21-22-19(25(17)23-18)11-13-3-4-16-14(10-13)2-1-8-20-16/h1-6,8,10,15,26H,7,9,11-12H2/t15-/m1/s1. The van der Waals surface area contributed by atoms with Crippen LogP contribution in [-0.4, -0.2) is 49.1 Å². The van der Waals surface area contributed by atoms with E-state index in [2.05, 4.69) is 38.3 Å². The summed E-state index contributed by atoms with van der Waals surface area (Å²) in [6.07, 6.45) is 2.94. The first-order valence-electron chi connectivity index (χ1n) is 8.74. The molecule has 1 aliphatic heterocycles. The maximum atomic E-state index is 9.76. The van der Waals surface area contributed by atoms with Gasteiger partial charge < -0.3 is 10.0 Å². The van der Waals surface area contributed by atoms with Crippen LogP contribution >= 0.6 is 0 Å². The van der Waals surface area contributed by atoms with Gasteiger partial charge in [0.25, 0.3) is 0 Å². The zero-order valence-electron chi connectivity index (χ0n) is 14.2. The van der Waals surface area contributed by atoms with Gasteiger partial charge in [-0.05, 0) is 42.3 Å². The van der Waals surface area contributed by atoms with Gasteiger partial charge in [0.15, 0.2) is 11.5 Å². The summed E-state index contributed by atoms with van der Waals surface area (Å²) in [5.74, 6) is 1.64. The Morgan fingerprint density at radius 3 is 2.96 bits per heavy atom. The van der Waals surface area contributed by atoms with Gasteiger partial charge in [-0.25, -0.2) is 0 Å². The van der Waals surface area contributed by atoms with Gasteiger partial charge in [0.1, 0.15) is 5.82 Å². The number of fused-ring (bicyclic) bond motifs is 2. The topological polar surface area (TPSA) is 79.4 Å². The molecule has 1 N–H and O–H groups in total. The summed E-state index contributed by atoms with van der Waals surface area (Å²) in [6.45, 7) is 1.43. The van der Waals surface area contributed by atoms with Crippen LogP contribution in [0, 0.1) is 0 Å². The molecule has 0 unspecified atom stereocenters. The molecule has 7 heteroatoms. The minimum Gasteiger partial charge on any atom is -0.391 e. The van der Waals surface area contributed by atoms with Crippen LogP contribution in [-0.2, 0) is 6.42 Å². The molecular weight excluding hydrogens is 328 g/mol. The first kappa shape index (κ1) is 15.2. The van der Waals surface area contributed by atoms with Crippen molar-refractivity contribution in [2.24, 2.45) is 0 Å². The Balaban J connectivity index is 1.49. The molecule has 4 aromatic rings. The lowest BCUT2D eigenvalue weighted by Crippen LogP contribution is -2.23. The van der Waals surface area contributed by atoms with Gasteiger partial charge in [-0.2, -0.15) is 4.52 Å². The van der Waals surface area contributed by atoms with Gasteiger partial charge in [0, 0.05) is 31.1 Å². The lowest BCUT2D eigenvalue weighted by molar-refractivity contribution is 0.198. The van der Waals surface area contributed by atoms with Gasteiger partial charge in [-0.1, -0.05) is 12.1 Å². The van der Waals surface area contributed by atoms with Gasteiger partial charge >= 0.3 is 0 Å². The molecule has 0 spiro atoms. The maximum Gasteiger partial charge on any atom is 0.178 e. The number of aliphatic hydroxyl groups excluding tert-OH is 1. The van der Waals surface area contributed by atoms with Crippen LogP contribution in [0.4, 0.5) is 5.82 Å². The number of anilines is 1. The first-order valence-corrected chi connectivity index (χ1v) is 8.74. The van der Waals surface area contributed by atoms with E-state index in [0.29, 0.717) is 13.0 Å². The summed E-state index contributed by atoms with van der Waals surface area (Å²) in [7, 11) is 0. The SMILES string of the molecule is O[C@@H]1CCN(c2ccc3nnc(Cc4ccc5ncccc5c4)n3n2)C1. The molecule has 0 aliphatic carbocycles. The Morgan fingerprint density at radius 1 is 1.12 bits per heavy atom. The monoisotopic (exact) mass is 346 g/mol. The van der Waals surface area contributed by atoms with E-state index in [9.17, 15) is 5.11 Å². The molecule has 0 amide bonds. The van der Waals surface area contributed by atoms with Crippen molar-refractivity contribution in [3.05, 3.63) is 60.0 Å². The molecule has 1 atom stereocenters. The number of nitrogens with zero attached hydrogens (tertiary/aromatic N) is 6. The van der Waals surface area contributed by atoms with Crippen molar-refractivity contribution < 1.29 is 5.11 Å². The van der Waals surface area contributed by atoms with Crippen molar-refractivity contribution >= 4 is 22.4 Å². The van der Waals surface area contributed by atoms with Gasteiger partial charge in [0.05, 0.1) is 11.6 Å². The van der Waals surface area contributed by atoms with Crippen molar-refractivity contribution in [3.8, 4) is 0 Å². The summed E-state index contributed by atoms with van der Waals surface area (Å²) >= 11 is 0. The fourth-order valence-corrected chi connectivity index (χ4v) is 3.47. The first-order chi connectivity index (χ1) is 12.8. The van der Waals surface area contributed by atoms with Gasteiger partial charge in [0.2, 0.25) is 0 Å². The molecule has 0 bridgehead atoms. The largest absolute Gasteiger partial charge is 0.391 e. The van der Waals surface area contributed by atoms with Crippen LogP contribution in [0.25, 0.3) is 16.6 Å². The minimum atomic E-state index is -0.279. The van der Waals surface area contributed by atoms with Gasteiger partial charge in [-0.15, -0.1) is 15.3 Å². The summed E-state index contributed by atoms with van der Waals surface area (Å²) in [6, 6.07) is 14.1. The second-order valence-electron chi connectivity index (χ2n) is 6.67. The van der Waals surface area contributed by atoms with E-state index in [1.54, 1.807) is 10.7 Å². The Labute approximate surface area is 149 Å². The highest BCUT2D eigenvalue weighted by molar-refractivity contribution is 5.79. The second kappa shape index (κ2) is 6.03. The van der Waals surface area contributed by atoms with E-state index < -0.39 is 0 Å². The number of hydrogen-bond donors (Lipinski definition) is 1. The smallest absolute Gasteiger partial charge is 0.178 e. The van der Waals surface area contributed by atoms with Gasteiger partial charge in [-0.3, -0.25) is 4.98 Å². The molecule has 3 aromatic heterocycles. The molecule has 0 radical (unpaired) electrons. The highest BCUT2D eigenvalue weighted by Crippen LogP contribution is 2.20. The number of aliphatic hydroxyl groups is 1. The third-order valence-electron chi connectivity index (χ3n) is 4.83. The molecule has 7 nitrogen and oxygen atoms in total. The van der Waals surface area contributed by atoms with Crippen molar-refractivity contribution in [1.82, 2.24) is 24.8 Å². The number of aromatic nitrogens is 5. The molecule has 1 aliphatic rings. The van der Waals surface area contributed by atoms with E-state index in [0.717, 1.165) is 46.7 Å². The third-order valence-corrected chi connectivity index (χ3v) is 4.83. The molecule has 130 valence electrons. The molecular formula is C19H18N6O. The Kier molecular flexibility index (Phi) is 3.53. The zero-order chi connectivity index (χ0) is 17.5. The van der Waals surface area contributed by atoms with Crippen molar-refractivity contribution in [2.75, 3.05) is 18.0 Å². The van der Waals surface area contributed by atoms with Crippen molar-refractivity contribution in [3.63, 3.8) is 0 Å². The Hall–Kier alpha value is -3.06. The summed E-state index contributed by atoms with van der Waals surface area (Å²) < 4.78 is 1.80. The van der Waals surface area contributed by atoms with E-state index >= 15 is 0 Å². The van der Waals surface area contributed by atoms with Crippen LogP contribution in [0.5, 0.6) is 0 Å². The molecule has 26 heavy (non-hydrogen) atoms. The molecule has 4 heterocycles. The van der Waals surface area contributed by atoms with Crippen LogP contribution in [0.3, 0.4) is 0 Å². The molecule has 1 saturated heterocycles. The normalized spacial score (nSPS) is 17.4. The average molecular weight is 346 g/mol. The lowest BCUT2D eigenvalue weighted by atomic mass is 10.1. The summed E-state index contributed by atoms with van der Waals surface area (Å²) in [5.41, 5.74) is 2.85. The highest BCUT2D eigenvalue weighted by Gasteiger charge is 2.22. The molecule has 1 aromatic carbocycles. The van der Waals surface area contributed by atoms with E-state index in [1.165, 1.54) is 0 Å². The number of pyridine rings is 1. The zero-order valence-corrected chi connectivity index (χ0v) is 14.2. The fourth-order valence-electron chi connectivity index (χ4n) is 3.47. The average Bonchev–Trinajstić information content (AvgIpc) is 3.28. The maximum absolute atomic E-state index is 9.76. The predicted octanol–water partition coefficient (Wildman–Crippen LogP) is 1.83. The van der Waals surface area contributed by atoms with Crippen LogP contribution in [0.1, 0.15) is 17.8 Å². The molecule has 0 saturated carbocycles. The predicted molar refractivity (Wildman–Crippen MR) is 98.2 cm³/mol. The van der Waals surface area contributed by atoms with Crippen LogP contribution in [0.2, 0.25) is 0 Å². The van der Waals surface area contributed by atoms with E-state index in [1.807, 2.05) is 24.3 Å². The fraction of sp³-hybridized carbons (Fsp3) is 0.263. The lowest BCUT2D eigenvalue weighted by Gasteiger charge is -2.16. The van der Waals surface area contributed by atoms with Crippen LogP contribution in [0.15, 0.2) is 48.7 Å². The number of hydrogen-bond acceptors (Lipinski definition) is 6. The second-order valence-corrected chi connectivity index (χ2v) is 6.67. The summed E-state index contributed by atoms with van der Waals surface area (Å²) in [4.78, 5) is 6.45. The quantitative estimate of drug-likeness (QED) is 0.610. The van der Waals surface area contributed by atoms with E-state index in [4.69, 9.17) is 5.10 Å². The Bertz CT molecular complexity index is 1090. The van der Waals surface area contributed by atoms with E-state index in [-0.39, 0.29) is 6.10 Å². The van der Waals surface area contributed by atoms with Crippen molar-refractivity contribution in [2.45, 2.75) is 18.9 Å². The third kappa shape index (κ3) is 2.66. The molecule has 5 rings (SSSR count). The van der Waals surface area contributed by atoms with Crippen LogP contribution < -0.4 is 4.90 Å².